The molecule has 1 aliphatic heterocycles. The monoisotopic (exact) mass is 415 g/mol. The van der Waals surface area contributed by atoms with Crippen molar-refractivity contribution in [3.05, 3.63) is 0 Å². The third-order valence-electron chi connectivity index (χ3n) is 9.56. The normalized spacial score (nSPS) is 31.1. The van der Waals surface area contributed by atoms with Gasteiger partial charge in [-0.25, -0.2) is 0 Å². The van der Waals surface area contributed by atoms with Gasteiger partial charge in [0, 0.05) is 37.3 Å². The van der Waals surface area contributed by atoms with Crippen LogP contribution in [0.2, 0.25) is 0 Å². The van der Waals surface area contributed by atoms with Gasteiger partial charge in [-0.05, 0) is 51.4 Å². The van der Waals surface area contributed by atoms with Crippen LogP contribution in [0, 0.1) is 0 Å². The molecule has 1 saturated heterocycles. The van der Waals surface area contributed by atoms with Crippen LogP contribution in [-0.4, -0.2) is 58.2 Å². The topological polar surface area (TPSA) is 9.72 Å². The molecule has 0 spiro atoms. The van der Waals surface area contributed by atoms with Crippen molar-refractivity contribution >= 4 is 0 Å². The van der Waals surface area contributed by atoms with E-state index in [9.17, 15) is 0 Å². The fourth-order valence-corrected chi connectivity index (χ4v) is 8.00. The van der Waals surface area contributed by atoms with Gasteiger partial charge >= 0.3 is 0 Å². The highest BCUT2D eigenvalue weighted by atomic mass is 15.6. The molecule has 0 aromatic carbocycles. The van der Waals surface area contributed by atoms with E-state index in [0.29, 0.717) is 6.29 Å². The lowest BCUT2D eigenvalue weighted by atomic mass is 9.87. The van der Waals surface area contributed by atoms with E-state index in [4.69, 9.17) is 0 Å². The summed E-state index contributed by atoms with van der Waals surface area (Å²) in [6.45, 7) is 2.70. The maximum Gasteiger partial charge on any atom is 0.120 e. The molecule has 0 atom stereocenters. The summed E-state index contributed by atoms with van der Waals surface area (Å²) in [5, 5.41) is 0. The van der Waals surface area contributed by atoms with Gasteiger partial charge in [0.1, 0.15) is 6.29 Å². The second kappa shape index (κ2) is 10.7. The first kappa shape index (κ1) is 21.7. The second-order valence-corrected chi connectivity index (χ2v) is 11.4. The summed E-state index contributed by atoms with van der Waals surface area (Å²) in [6.07, 6.45) is 30.2. The van der Waals surface area contributed by atoms with Crippen molar-refractivity contribution in [2.75, 3.05) is 13.1 Å². The predicted molar refractivity (Wildman–Crippen MR) is 127 cm³/mol. The molecule has 5 aliphatic rings. The van der Waals surface area contributed by atoms with E-state index in [2.05, 4.69) is 14.7 Å². The van der Waals surface area contributed by atoms with E-state index >= 15 is 0 Å². The van der Waals surface area contributed by atoms with Gasteiger partial charge < -0.3 is 0 Å². The molecule has 1 heterocycles. The van der Waals surface area contributed by atoms with Crippen LogP contribution in [0.15, 0.2) is 0 Å². The minimum absolute atomic E-state index is 0.641. The van der Waals surface area contributed by atoms with Crippen LogP contribution >= 0.6 is 0 Å². The number of rotatable bonds is 5. The Balaban J connectivity index is 1.44. The molecular formula is C27H49N3. The zero-order valence-electron chi connectivity index (χ0n) is 19.8. The van der Waals surface area contributed by atoms with Gasteiger partial charge in [-0.3, -0.25) is 14.7 Å². The third-order valence-corrected chi connectivity index (χ3v) is 9.56. The molecule has 0 aromatic rings. The summed E-state index contributed by atoms with van der Waals surface area (Å²) in [6, 6.07) is 3.46. The van der Waals surface area contributed by atoms with E-state index in [1.807, 2.05) is 0 Å². The molecule has 30 heavy (non-hydrogen) atoms. The minimum atomic E-state index is 0.641. The van der Waals surface area contributed by atoms with Crippen LogP contribution in [0.4, 0.5) is 0 Å². The highest BCUT2D eigenvalue weighted by Crippen LogP contribution is 2.39. The molecular weight excluding hydrogens is 366 g/mol. The van der Waals surface area contributed by atoms with Crippen molar-refractivity contribution < 1.29 is 0 Å². The molecule has 3 heteroatoms. The Bertz CT molecular complexity index is 454. The molecule has 0 bridgehead atoms. The summed E-state index contributed by atoms with van der Waals surface area (Å²) < 4.78 is 0. The SMILES string of the molecule is C1CCC(N2CCN(C3CCCCC3)C2N(C2CCCCC2)C2CCCCC2)CC1. The maximum absolute atomic E-state index is 3.19. The predicted octanol–water partition coefficient (Wildman–Crippen LogP) is 6.52. The average Bonchev–Trinajstić information content (AvgIpc) is 3.26. The van der Waals surface area contributed by atoms with Gasteiger partial charge in [0.15, 0.2) is 0 Å². The lowest BCUT2D eigenvalue weighted by Gasteiger charge is -2.52. The summed E-state index contributed by atoms with van der Waals surface area (Å²) in [4.78, 5) is 9.32. The van der Waals surface area contributed by atoms with Crippen molar-refractivity contribution in [1.82, 2.24) is 14.7 Å². The first-order valence-corrected chi connectivity index (χ1v) is 14.2. The van der Waals surface area contributed by atoms with Crippen molar-refractivity contribution in [3.8, 4) is 0 Å². The van der Waals surface area contributed by atoms with E-state index in [1.165, 1.54) is 142 Å². The quantitative estimate of drug-likeness (QED) is 0.506. The Labute approximate surface area is 186 Å². The summed E-state index contributed by atoms with van der Waals surface area (Å²) in [7, 11) is 0. The second-order valence-electron chi connectivity index (χ2n) is 11.4. The first-order valence-electron chi connectivity index (χ1n) is 14.2. The molecule has 4 saturated carbocycles. The lowest BCUT2D eigenvalue weighted by molar-refractivity contribution is -0.112. The van der Waals surface area contributed by atoms with Crippen molar-refractivity contribution in [2.45, 2.75) is 159 Å². The van der Waals surface area contributed by atoms with E-state index in [0.717, 1.165) is 24.2 Å². The van der Waals surface area contributed by atoms with Gasteiger partial charge in [0.25, 0.3) is 0 Å². The molecule has 4 aliphatic carbocycles. The van der Waals surface area contributed by atoms with Gasteiger partial charge in [-0.2, -0.15) is 0 Å². The first-order chi connectivity index (χ1) is 14.9. The molecule has 5 rings (SSSR count). The van der Waals surface area contributed by atoms with Crippen molar-refractivity contribution in [2.24, 2.45) is 0 Å². The highest BCUT2D eigenvalue weighted by Gasteiger charge is 2.47. The van der Waals surface area contributed by atoms with Crippen molar-refractivity contribution in [3.63, 3.8) is 0 Å². The maximum atomic E-state index is 3.19. The standard InChI is InChI=1S/C27H49N3/c1-5-13-23(14-6-1)28-21-22-29(24-15-7-2-8-16-24)27(28)30(25-17-9-3-10-18-25)26-19-11-4-12-20-26/h23-27H,1-22H2. The van der Waals surface area contributed by atoms with Crippen LogP contribution in [0.1, 0.15) is 128 Å². The largest absolute Gasteiger partial charge is 0.271 e. The molecule has 0 N–H and O–H groups in total. The summed E-state index contributed by atoms with van der Waals surface area (Å²) in [5.41, 5.74) is 0. The molecule has 3 nitrogen and oxygen atoms in total. The van der Waals surface area contributed by atoms with Crippen LogP contribution in [0.25, 0.3) is 0 Å². The molecule has 0 aromatic heterocycles. The summed E-state index contributed by atoms with van der Waals surface area (Å²) in [5.74, 6) is 0. The van der Waals surface area contributed by atoms with Gasteiger partial charge in [0.2, 0.25) is 0 Å². The lowest BCUT2D eigenvalue weighted by Crippen LogP contribution is -2.63. The molecule has 0 amide bonds. The Morgan fingerprint density at radius 3 is 1.10 bits per heavy atom. The van der Waals surface area contributed by atoms with Gasteiger partial charge in [-0.1, -0.05) is 77.0 Å². The van der Waals surface area contributed by atoms with E-state index < -0.39 is 0 Å². The van der Waals surface area contributed by atoms with E-state index in [-0.39, 0.29) is 0 Å². The fraction of sp³-hybridized carbons (Fsp3) is 1.00. The van der Waals surface area contributed by atoms with Crippen LogP contribution in [0.5, 0.6) is 0 Å². The minimum Gasteiger partial charge on any atom is -0.271 e. The smallest absolute Gasteiger partial charge is 0.120 e. The number of hydrogen-bond acceptors (Lipinski definition) is 3. The van der Waals surface area contributed by atoms with Crippen LogP contribution < -0.4 is 0 Å². The zero-order chi connectivity index (χ0) is 20.2. The van der Waals surface area contributed by atoms with Crippen LogP contribution in [-0.2, 0) is 0 Å². The Morgan fingerprint density at radius 2 is 0.733 bits per heavy atom. The summed E-state index contributed by atoms with van der Waals surface area (Å²) >= 11 is 0. The Hall–Kier alpha value is -0.120. The Morgan fingerprint density at radius 1 is 0.400 bits per heavy atom. The highest BCUT2D eigenvalue weighted by molar-refractivity contribution is 4.97. The Kier molecular flexibility index (Phi) is 7.72. The average molecular weight is 416 g/mol. The zero-order valence-corrected chi connectivity index (χ0v) is 19.8. The van der Waals surface area contributed by atoms with Crippen molar-refractivity contribution in [1.29, 1.82) is 0 Å². The molecule has 172 valence electrons. The number of nitrogens with zero attached hydrogens (tertiary/aromatic N) is 3. The van der Waals surface area contributed by atoms with Crippen LogP contribution in [0.3, 0.4) is 0 Å². The molecule has 5 fully saturated rings. The molecule has 0 radical (unpaired) electrons. The van der Waals surface area contributed by atoms with Gasteiger partial charge in [0.05, 0.1) is 0 Å². The number of hydrogen-bond donors (Lipinski definition) is 0. The van der Waals surface area contributed by atoms with Gasteiger partial charge in [-0.15, -0.1) is 0 Å². The third kappa shape index (κ3) is 4.79. The van der Waals surface area contributed by atoms with E-state index in [1.54, 1.807) is 0 Å². The fourth-order valence-electron chi connectivity index (χ4n) is 8.00. The molecule has 0 unspecified atom stereocenters.